The first-order valence-corrected chi connectivity index (χ1v) is 8.11. The fourth-order valence-corrected chi connectivity index (χ4v) is 2.79. The molecule has 1 fully saturated rings. The molecule has 1 saturated heterocycles. The smallest absolute Gasteiger partial charge is 0.147 e. The summed E-state index contributed by atoms with van der Waals surface area (Å²) in [6, 6.07) is 0.181. The molecule has 0 saturated carbocycles. The van der Waals surface area contributed by atoms with Crippen LogP contribution in [0.2, 0.25) is 0 Å². The summed E-state index contributed by atoms with van der Waals surface area (Å²) in [5, 5.41) is 3.34. The molecule has 0 aliphatic carbocycles. The van der Waals surface area contributed by atoms with Crippen LogP contribution in [0.15, 0.2) is 0 Å². The molecule has 2 atom stereocenters. The van der Waals surface area contributed by atoms with Gasteiger partial charge in [0.05, 0.1) is 11.9 Å². The Morgan fingerprint density at radius 3 is 2.69 bits per heavy atom. The van der Waals surface area contributed by atoms with Gasteiger partial charge < -0.3 is 10.1 Å². The molecule has 1 aliphatic heterocycles. The van der Waals surface area contributed by atoms with E-state index >= 15 is 0 Å². The minimum absolute atomic E-state index is 0.181. The third-order valence-corrected chi connectivity index (χ3v) is 3.91. The number of hydrogen-bond acceptors (Lipinski definition) is 4. The first-order valence-electron chi connectivity index (χ1n) is 6.05. The maximum atomic E-state index is 11.2. The van der Waals surface area contributed by atoms with Crippen LogP contribution in [-0.4, -0.2) is 45.7 Å². The zero-order valence-corrected chi connectivity index (χ0v) is 11.1. The normalized spacial score (nSPS) is 24.2. The minimum Gasteiger partial charge on any atom is -0.377 e. The summed E-state index contributed by atoms with van der Waals surface area (Å²) in [6.45, 7) is 3.70. The van der Waals surface area contributed by atoms with Crippen molar-refractivity contribution in [2.24, 2.45) is 0 Å². The summed E-state index contributed by atoms with van der Waals surface area (Å²) in [5.74, 6) is 0.241. The molecule has 2 unspecified atom stereocenters. The van der Waals surface area contributed by atoms with Gasteiger partial charge in [0.2, 0.25) is 0 Å². The van der Waals surface area contributed by atoms with Gasteiger partial charge in [0.15, 0.2) is 0 Å². The van der Waals surface area contributed by atoms with E-state index in [1.807, 2.05) is 6.92 Å². The zero-order chi connectivity index (χ0) is 12.0. The van der Waals surface area contributed by atoms with E-state index in [0.29, 0.717) is 6.42 Å². The van der Waals surface area contributed by atoms with Crippen LogP contribution in [0.3, 0.4) is 0 Å². The van der Waals surface area contributed by atoms with Crippen molar-refractivity contribution < 1.29 is 13.2 Å². The van der Waals surface area contributed by atoms with Crippen LogP contribution in [0.5, 0.6) is 0 Å². The van der Waals surface area contributed by atoms with E-state index in [1.54, 1.807) is 0 Å². The third-order valence-electron chi connectivity index (χ3n) is 2.93. The Bertz CT molecular complexity index is 284. The van der Waals surface area contributed by atoms with Crippen LogP contribution in [0.25, 0.3) is 0 Å². The van der Waals surface area contributed by atoms with Crippen molar-refractivity contribution in [3.63, 3.8) is 0 Å². The fraction of sp³-hybridized carbons (Fsp3) is 1.00. The van der Waals surface area contributed by atoms with Crippen LogP contribution in [0.1, 0.15) is 32.6 Å². The highest BCUT2D eigenvalue weighted by Crippen LogP contribution is 2.18. The summed E-state index contributed by atoms with van der Waals surface area (Å²) in [6.07, 6.45) is 5.49. The van der Waals surface area contributed by atoms with Gasteiger partial charge in [-0.05, 0) is 32.2 Å². The van der Waals surface area contributed by atoms with Gasteiger partial charge in [-0.15, -0.1) is 0 Å². The summed E-state index contributed by atoms with van der Waals surface area (Å²) in [4.78, 5) is 0. The molecular weight excluding hydrogens is 226 g/mol. The Kier molecular flexibility index (Phi) is 5.72. The van der Waals surface area contributed by atoms with Crippen LogP contribution in [0.4, 0.5) is 0 Å². The second-order valence-corrected chi connectivity index (χ2v) is 6.75. The van der Waals surface area contributed by atoms with Gasteiger partial charge in [-0.25, -0.2) is 8.42 Å². The largest absolute Gasteiger partial charge is 0.377 e. The lowest BCUT2D eigenvalue weighted by Crippen LogP contribution is -2.43. The quantitative estimate of drug-likeness (QED) is 0.762. The molecule has 0 amide bonds. The average Bonchev–Trinajstić information content (AvgIpc) is 2.24. The number of sulfone groups is 1. The minimum atomic E-state index is -2.87. The Hall–Kier alpha value is -0.130. The van der Waals surface area contributed by atoms with Crippen molar-refractivity contribution in [3.8, 4) is 0 Å². The molecule has 0 aromatic rings. The molecule has 0 bridgehead atoms. The second kappa shape index (κ2) is 6.57. The first-order chi connectivity index (χ1) is 7.53. The number of likely N-dealkylation sites (N-methyl/N-ethyl adjacent to an activating group) is 1. The molecule has 96 valence electrons. The third kappa shape index (κ3) is 5.27. The highest BCUT2D eigenvalue weighted by molar-refractivity contribution is 7.90. The lowest BCUT2D eigenvalue weighted by Gasteiger charge is -2.31. The SMILES string of the molecule is CCNC(CCS(C)(=O)=O)C1CCCCO1. The van der Waals surface area contributed by atoms with Crippen LogP contribution in [-0.2, 0) is 14.6 Å². The van der Waals surface area contributed by atoms with Crippen LogP contribution < -0.4 is 5.32 Å². The van der Waals surface area contributed by atoms with Gasteiger partial charge in [-0.2, -0.15) is 0 Å². The van der Waals surface area contributed by atoms with Crippen molar-refractivity contribution in [2.45, 2.75) is 44.8 Å². The summed E-state index contributed by atoms with van der Waals surface area (Å²) in [7, 11) is -2.87. The Morgan fingerprint density at radius 1 is 1.44 bits per heavy atom. The topological polar surface area (TPSA) is 55.4 Å². The van der Waals surface area contributed by atoms with E-state index in [4.69, 9.17) is 4.74 Å². The Balaban J connectivity index is 2.45. The zero-order valence-electron chi connectivity index (χ0n) is 10.2. The predicted octanol–water partition coefficient (Wildman–Crippen LogP) is 0.968. The van der Waals surface area contributed by atoms with E-state index in [9.17, 15) is 8.42 Å². The van der Waals surface area contributed by atoms with Gasteiger partial charge in [-0.1, -0.05) is 6.92 Å². The maximum Gasteiger partial charge on any atom is 0.147 e. The average molecular weight is 249 g/mol. The molecular formula is C11H23NO3S. The summed E-state index contributed by atoms with van der Waals surface area (Å²) >= 11 is 0. The highest BCUT2D eigenvalue weighted by atomic mass is 32.2. The number of hydrogen-bond donors (Lipinski definition) is 1. The van der Waals surface area contributed by atoms with Crippen LogP contribution >= 0.6 is 0 Å². The molecule has 4 nitrogen and oxygen atoms in total. The molecule has 16 heavy (non-hydrogen) atoms. The molecule has 0 spiro atoms. The lowest BCUT2D eigenvalue weighted by atomic mass is 10.0. The van der Waals surface area contributed by atoms with Gasteiger partial charge in [-0.3, -0.25) is 0 Å². The number of nitrogens with one attached hydrogen (secondary N) is 1. The fourth-order valence-electron chi connectivity index (χ4n) is 2.11. The predicted molar refractivity (Wildman–Crippen MR) is 65.4 cm³/mol. The van der Waals surface area contributed by atoms with E-state index in [2.05, 4.69) is 5.32 Å². The molecule has 1 rings (SSSR count). The van der Waals surface area contributed by atoms with E-state index in [0.717, 1.165) is 26.0 Å². The second-order valence-electron chi connectivity index (χ2n) is 4.49. The van der Waals surface area contributed by atoms with Gasteiger partial charge >= 0.3 is 0 Å². The van der Waals surface area contributed by atoms with Crippen LogP contribution in [0, 0.1) is 0 Å². The first kappa shape index (κ1) is 13.9. The summed E-state index contributed by atoms with van der Waals surface area (Å²) < 4.78 is 28.0. The molecule has 5 heteroatoms. The Morgan fingerprint density at radius 2 is 2.19 bits per heavy atom. The van der Waals surface area contributed by atoms with Gasteiger partial charge in [0.1, 0.15) is 9.84 Å². The molecule has 0 aromatic heterocycles. The summed E-state index contributed by atoms with van der Waals surface area (Å²) in [5.41, 5.74) is 0. The lowest BCUT2D eigenvalue weighted by molar-refractivity contribution is -0.00774. The van der Waals surface area contributed by atoms with Gasteiger partial charge in [0.25, 0.3) is 0 Å². The maximum absolute atomic E-state index is 11.2. The molecule has 0 radical (unpaired) electrons. The van der Waals surface area contributed by atoms with E-state index in [1.165, 1.54) is 12.7 Å². The van der Waals surface area contributed by atoms with Crippen molar-refractivity contribution >= 4 is 9.84 Å². The molecule has 1 aliphatic rings. The van der Waals surface area contributed by atoms with Crippen molar-refractivity contribution in [3.05, 3.63) is 0 Å². The standard InChI is InChI=1S/C11H23NO3S/c1-3-12-10(7-9-16(2,13)14)11-6-4-5-8-15-11/h10-12H,3-9H2,1-2H3. The monoisotopic (exact) mass is 249 g/mol. The van der Waals surface area contributed by atoms with Crippen molar-refractivity contribution in [2.75, 3.05) is 25.2 Å². The number of ether oxygens (including phenoxy) is 1. The highest BCUT2D eigenvalue weighted by Gasteiger charge is 2.24. The molecule has 1 N–H and O–H groups in total. The van der Waals surface area contributed by atoms with E-state index < -0.39 is 9.84 Å². The molecule has 1 heterocycles. The van der Waals surface area contributed by atoms with Crippen molar-refractivity contribution in [1.82, 2.24) is 5.32 Å². The number of rotatable bonds is 6. The van der Waals surface area contributed by atoms with E-state index in [-0.39, 0.29) is 17.9 Å². The Labute approximate surface area is 98.7 Å². The van der Waals surface area contributed by atoms with Crippen molar-refractivity contribution in [1.29, 1.82) is 0 Å². The molecule has 0 aromatic carbocycles. The van der Waals surface area contributed by atoms with Gasteiger partial charge in [0, 0.05) is 18.9 Å².